The van der Waals surface area contributed by atoms with Gasteiger partial charge in [-0.25, -0.2) is 9.86 Å². The minimum Gasteiger partial charge on any atom is -0.422 e. The minimum atomic E-state index is -4.38. The van der Waals surface area contributed by atoms with Crippen LogP contribution >= 0.6 is 0 Å². The number of carbonyl (C=O) groups is 3. The van der Waals surface area contributed by atoms with Crippen LogP contribution < -0.4 is 5.63 Å². The molecule has 0 saturated heterocycles. The van der Waals surface area contributed by atoms with E-state index in [1.807, 2.05) is 0 Å². The van der Waals surface area contributed by atoms with Gasteiger partial charge < -0.3 is 4.42 Å². The molecule has 10 heteroatoms. The number of Topliss-reactive ketones (excluding diaryl/α,β-unsaturated/α-hetero) is 1. The first-order chi connectivity index (χ1) is 12.6. The Labute approximate surface area is 153 Å². The molecule has 0 spiro atoms. The average molecular weight is 393 g/mol. The van der Waals surface area contributed by atoms with Gasteiger partial charge in [0.05, 0.1) is 4.91 Å². The van der Waals surface area contributed by atoms with Crippen molar-refractivity contribution in [2.75, 3.05) is 7.05 Å². The van der Waals surface area contributed by atoms with Crippen LogP contribution in [0.2, 0.25) is 0 Å². The van der Waals surface area contributed by atoms with Gasteiger partial charge in [0.2, 0.25) is 0 Å². The normalized spacial score (nSPS) is 12.0. The number of rotatable bonds is 6. The monoisotopic (exact) mass is 393 g/mol. The van der Waals surface area contributed by atoms with Gasteiger partial charge in [0.15, 0.2) is 5.78 Å². The van der Waals surface area contributed by atoms with Gasteiger partial charge in [0.1, 0.15) is 17.4 Å². The highest BCUT2D eigenvalue weighted by Gasteiger charge is 2.25. The zero-order valence-corrected chi connectivity index (χ0v) is 15.4. The Morgan fingerprint density at radius 1 is 1.19 bits per heavy atom. The van der Waals surface area contributed by atoms with Gasteiger partial charge in [-0.3, -0.25) is 14.4 Å². The van der Waals surface area contributed by atoms with Gasteiger partial charge in [0, 0.05) is 18.0 Å². The highest BCUT2D eigenvalue weighted by atomic mass is 32.2. The summed E-state index contributed by atoms with van der Waals surface area (Å²) in [5.41, 5.74) is -1.06. The lowest BCUT2D eigenvalue weighted by atomic mass is 10.1. The number of fused-ring (bicyclic) bond motifs is 1. The summed E-state index contributed by atoms with van der Waals surface area (Å²) in [5.74, 6) is -1.29. The topological polar surface area (TPSA) is 128 Å². The van der Waals surface area contributed by atoms with Crippen LogP contribution in [0.4, 0.5) is 0 Å². The zero-order chi connectivity index (χ0) is 20.4. The number of amides is 1. The lowest BCUT2D eigenvalue weighted by Gasteiger charge is -2.15. The molecule has 0 radical (unpaired) electrons. The molecule has 0 aliphatic carbocycles. The zero-order valence-electron chi connectivity index (χ0n) is 14.6. The van der Waals surface area contributed by atoms with Crippen LogP contribution in [-0.2, 0) is 19.2 Å². The molecular weight excluding hydrogens is 378 g/mol. The molecule has 2 aromatic rings. The van der Waals surface area contributed by atoms with E-state index in [-0.39, 0.29) is 17.7 Å². The molecule has 27 heavy (non-hydrogen) atoms. The molecule has 1 heterocycles. The van der Waals surface area contributed by atoms with Crippen molar-refractivity contribution >= 4 is 39.1 Å². The maximum atomic E-state index is 12.4. The maximum Gasteiger partial charge on any atom is 0.349 e. The molecule has 1 aromatic heterocycles. The maximum absolute atomic E-state index is 12.4. The van der Waals surface area contributed by atoms with Gasteiger partial charge in [0.25, 0.3) is 5.91 Å². The highest BCUT2D eigenvalue weighted by Crippen LogP contribution is 2.18. The van der Waals surface area contributed by atoms with Crippen LogP contribution in [0.1, 0.15) is 34.6 Å². The molecule has 0 bridgehead atoms. The Balaban J connectivity index is 2.39. The number of benzene rings is 1. The third-order valence-corrected chi connectivity index (χ3v) is 4.91. The van der Waals surface area contributed by atoms with Crippen molar-refractivity contribution in [2.45, 2.75) is 13.8 Å². The number of hydroxylamine groups is 2. The molecule has 0 aliphatic rings. The van der Waals surface area contributed by atoms with Gasteiger partial charge in [-0.2, -0.15) is 8.42 Å². The first-order valence-electron chi connectivity index (χ1n) is 7.50. The standard InChI is InChI=1S/C17H15NO8S/c1-10(6-7-19)27(23,24)26-18(3)16(21)14-8-13-5-4-12(11(2)20)9-15(13)25-17(14)22/h4-9H,1-3H3/b10-6+. The molecule has 1 aromatic carbocycles. The molecule has 0 unspecified atom stereocenters. The number of allylic oxidation sites excluding steroid dienone is 2. The van der Waals surface area contributed by atoms with Crippen molar-refractivity contribution < 1.29 is 31.5 Å². The van der Waals surface area contributed by atoms with Gasteiger partial charge in [-0.1, -0.05) is 12.1 Å². The quantitative estimate of drug-likeness (QED) is 0.237. The van der Waals surface area contributed by atoms with E-state index >= 15 is 0 Å². The lowest BCUT2D eigenvalue weighted by molar-refractivity contribution is -0.104. The smallest absolute Gasteiger partial charge is 0.349 e. The predicted molar refractivity (Wildman–Crippen MR) is 94.4 cm³/mol. The van der Waals surface area contributed by atoms with Crippen molar-refractivity contribution in [3.63, 3.8) is 0 Å². The number of carbonyl (C=O) groups excluding carboxylic acids is 3. The van der Waals surface area contributed by atoms with E-state index in [0.717, 1.165) is 20.0 Å². The highest BCUT2D eigenvalue weighted by molar-refractivity contribution is 7.90. The van der Waals surface area contributed by atoms with E-state index < -0.39 is 32.1 Å². The molecule has 142 valence electrons. The van der Waals surface area contributed by atoms with Crippen LogP contribution in [0.3, 0.4) is 0 Å². The Morgan fingerprint density at radius 2 is 1.85 bits per heavy atom. The number of hydrogen-bond donors (Lipinski definition) is 0. The summed E-state index contributed by atoms with van der Waals surface area (Å²) in [5, 5.41) is 0.704. The summed E-state index contributed by atoms with van der Waals surface area (Å²) >= 11 is 0. The van der Waals surface area contributed by atoms with Crippen molar-refractivity contribution in [2.24, 2.45) is 0 Å². The predicted octanol–water partition coefficient (Wildman–Crippen LogP) is 1.43. The average Bonchev–Trinajstić information content (AvgIpc) is 2.59. The van der Waals surface area contributed by atoms with Crippen molar-refractivity contribution in [1.82, 2.24) is 5.06 Å². The van der Waals surface area contributed by atoms with Gasteiger partial charge >= 0.3 is 15.7 Å². The molecule has 1 amide bonds. The lowest BCUT2D eigenvalue weighted by Crippen LogP contribution is -2.33. The fourth-order valence-corrected chi connectivity index (χ4v) is 2.77. The van der Waals surface area contributed by atoms with E-state index in [1.54, 1.807) is 0 Å². The molecule has 0 aliphatic heterocycles. The van der Waals surface area contributed by atoms with Crippen molar-refractivity contribution in [1.29, 1.82) is 0 Å². The van der Waals surface area contributed by atoms with Crippen LogP contribution in [0.25, 0.3) is 11.0 Å². The largest absolute Gasteiger partial charge is 0.422 e. The third-order valence-electron chi connectivity index (χ3n) is 3.57. The molecule has 0 fully saturated rings. The first-order valence-corrected chi connectivity index (χ1v) is 8.91. The van der Waals surface area contributed by atoms with Crippen LogP contribution in [-0.4, -0.2) is 38.5 Å². The number of aldehydes is 1. The Bertz CT molecular complexity index is 1130. The second-order valence-corrected chi connectivity index (χ2v) is 7.20. The summed E-state index contributed by atoms with van der Waals surface area (Å²) < 4.78 is 33.4. The SMILES string of the molecule is CC(=O)c1ccc2cc(C(=O)N(C)OS(=O)(=O)/C(C)=C/C=O)c(=O)oc2c1. The summed E-state index contributed by atoms with van der Waals surface area (Å²) in [6.45, 7) is 2.46. The number of hydrogen-bond acceptors (Lipinski definition) is 8. The molecule has 0 N–H and O–H groups in total. The Kier molecular flexibility index (Phi) is 5.72. The molecular formula is C17H15NO8S. The van der Waals surface area contributed by atoms with E-state index in [9.17, 15) is 27.6 Å². The van der Waals surface area contributed by atoms with E-state index in [0.29, 0.717) is 16.0 Å². The number of nitrogens with zero attached hydrogens (tertiary/aromatic N) is 1. The third kappa shape index (κ3) is 4.36. The fourth-order valence-electron chi connectivity index (χ4n) is 2.07. The Hall–Kier alpha value is -3.11. The van der Waals surface area contributed by atoms with E-state index in [2.05, 4.69) is 4.28 Å². The van der Waals surface area contributed by atoms with Crippen molar-refractivity contribution in [3.8, 4) is 0 Å². The summed E-state index contributed by atoms with van der Waals surface area (Å²) in [7, 11) is -3.38. The first kappa shape index (κ1) is 20.2. The van der Waals surface area contributed by atoms with Gasteiger partial charge in [-0.15, -0.1) is 4.28 Å². The van der Waals surface area contributed by atoms with E-state index in [1.165, 1.54) is 31.2 Å². The fraction of sp³-hybridized carbons (Fsp3) is 0.176. The van der Waals surface area contributed by atoms with Crippen molar-refractivity contribution in [3.05, 3.63) is 56.8 Å². The Morgan fingerprint density at radius 3 is 2.44 bits per heavy atom. The van der Waals surface area contributed by atoms with Crippen LogP contribution in [0, 0.1) is 0 Å². The van der Waals surface area contributed by atoms with Crippen LogP contribution in [0.5, 0.6) is 0 Å². The summed E-state index contributed by atoms with van der Waals surface area (Å²) in [4.78, 5) is 45.8. The minimum absolute atomic E-state index is 0.102. The summed E-state index contributed by atoms with van der Waals surface area (Å²) in [6.07, 6.45) is 1.01. The molecule has 9 nitrogen and oxygen atoms in total. The van der Waals surface area contributed by atoms with Crippen LogP contribution in [0.15, 0.2) is 44.5 Å². The molecule has 2 rings (SSSR count). The second kappa shape index (κ2) is 7.64. The molecule has 0 saturated carbocycles. The van der Waals surface area contributed by atoms with Gasteiger partial charge in [-0.05, 0) is 32.1 Å². The molecule has 0 atom stereocenters. The van der Waals surface area contributed by atoms with E-state index in [4.69, 9.17) is 4.42 Å². The summed E-state index contributed by atoms with van der Waals surface area (Å²) in [6, 6.07) is 5.55. The number of ketones is 1. The second-order valence-electron chi connectivity index (χ2n) is 5.50.